The number of furan rings is 1. The van der Waals surface area contributed by atoms with Crippen molar-refractivity contribution in [3.05, 3.63) is 30.3 Å². The van der Waals surface area contributed by atoms with E-state index < -0.39 is 0 Å². The third-order valence-corrected chi connectivity index (χ3v) is 1.95. The first kappa shape index (κ1) is 7.35. The summed E-state index contributed by atoms with van der Waals surface area (Å²) in [6, 6.07) is 3.92. The maximum Gasteiger partial charge on any atom is 0.137 e. The van der Waals surface area contributed by atoms with Gasteiger partial charge in [-0.05, 0) is 12.0 Å². The van der Waals surface area contributed by atoms with Crippen LogP contribution in [0.3, 0.4) is 0 Å². The molecule has 0 unspecified atom stereocenters. The van der Waals surface area contributed by atoms with Crippen LogP contribution in [0.25, 0.3) is 11.0 Å². The van der Waals surface area contributed by atoms with Gasteiger partial charge in [-0.1, -0.05) is 13.8 Å². The third kappa shape index (κ3) is 1.09. The summed E-state index contributed by atoms with van der Waals surface area (Å²) in [5.41, 5.74) is 2.01. The van der Waals surface area contributed by atoms with E-state index in [1.807, 2.05) is 18.3 Å². The summed E-state index contributed by atoms with van der Waals surface area (Å²) in [5, 5.41) is 1.07. The number of hydrogen-bond acceptors (Lipinski definition) is 2. The largest absolute Gasteiger partial charge is 0.464 e. The highest BCUT2D eigenvalue weighted by Gasteiger charge is 2.03. The fourth-order valence-corrected chi connectivity index (χ4v) is 1.19. The molecule has 2 heterocycles. The van der Waals surface area contributed by atoms with Gasteiger partial charge in [0.15, 0.2) is 0 Å². The van der Waals surface area contributed by atoms with E-state index >= 15 is 0 Å². The molecule has 2 nitrogen and oxygen atoms in total. The topological polar surface area (TPSA) is 26.0 Å². The van der Waals surface area contributed by atoms with Crippen molar-refractivity contribution in [2.75, 3.05) is 0 Å². The van der Waals surface area contributed by atoms with E-state index in [-0.39, 0.29) is 0 Å². The summed E-state index contributed by atoms with van der Waals surface area (Å²) < 4.78 is 5.27. The van der Waals surface area contributed by atoms with Gasteiger partial charge in [-0.2, -0.15) is 0 Å². The Bertz CT molecular complexity index is 389. The summed E-state index contributed by atoms with van der Waals surface area (Å²) >= 11 is 0. The van der Waals surface area contributed by atoms with E-state index in [2.05, 4.69) is 18.8 Å². The van der Waals surface area contributed by atoms with Crippen molar-refractivity contribution in [1.29, 1.82) is 0 Å². The molecule has 0 aliphatic carbocycles. The van der Waals surface area contributed by atoms with Crippen LogP contribution in [0.15, 0.2) is 29.0 Å². The first-order chi connectivity index (χ1) is 5.77. The molecule has 62 valence electrons. The van der Waals surface area contributed by atoms with E-state index in [1.54, 1.807) is 6.26 Å². The molecule has 0 aliphatic heterocycles. The minimum absolute atomic E-state index is 0.458. The Balaban J connectivity index is 2.60. The average Bonchev–Trinajstić information content (AvgIpc) is 2.49. The molecule has 2 rings (SSSR count). The highest BCUT2D eigenvalue weighted by molar-refractivity contribution is 5.76. The Morgan fingerprint density at radius 1 is 1.42 bits per heavy atom. The lowest BCUT2D eigenvalue weighted by Crippen LogP contribution is -1.90. The Kier molecular flexibility index (Phi) is 1.61. The van der Waals surface area contributed by atoms with E-state index in [0.29, 0.717) is 5.92 Å². The van der Waals surface area contributed by atoms with Gasteiger partial charge in [0.1, 0.15) is 5.58 Å². The second-order valence-electron chi connectivity index (χ2n) is 3.22. The highest BCUT2D eigenvalue weighted by Crippen LogP contribution is 2.19. The number of hydrogen-bond donors (Lipinski definition) is 0. The summed E-state index contributed by atoms with van der Waals surface area (Å²) in [4.78, 5) is 4.32. The predicted octanol–water partition coefficient (Wildman–Crippen LogP) is 2.95. The zero-order valence-corrected chi connectivity index (χ0v) is 7.24. The van der Waals surface area contributed by atoms with Crippen molar-refractivity contribution in [3.63, 3.8) is 0 Å². The maximum absolute atomic E-state index is 5.27. The van der Waals surface area contributed by atoms with Gasteiger partial charge in [-0.3, -0.25) is 4.98 Å². The van der Waals surface area contributed by atoms with Crippen LogP contribution in [-0.2, 0) is 0 Å². The fourth-order valence-electron chi connectivity index (χ4n) is 1.19. The van der Waals surface area contributed by atoms with Crippen LogP contribution in [0.2, 0.25) is 0 Å². The molecule has 2 aromatic heterocycles. The number of nitrogens with zero attached hydrogens (tertiary/aromatic N) is 1. The summed E-state index contributed by atoms with van der Waals surface area (Å²) in [7, 11) is 0. The molecule has 0 amide bonds. The molecule has 0 fully saturated rings. The molecule has 0 saturated heterocycles. The molecule has 0 saturated carbocycles. The van der Waals surface area contributed by atoms with Crippen molar-refractivity contribution >= 4 is 11.0 Å². The van der Waals surface area contributed by atoms with Crippen LogP contribution >= 0.6 is 0 Å². The van der Waals surface area contributed by atoms with Gasteiger partial charge in [0, 0.05) is 23.3 Å². The standard InChI is InChI=1S/C10H11NO/c1-7(2)9-5-10-8(6-11-9)3-4-12-10/h3-7H,1-2H3. The third-order valence-electron chi connectivity index (χ3n) is 1.95. The monoisotopic (exact) mass is 161 g/mol. The molecule has 0 atom stereocenters. The molecule has 2 aromatic rings. The Hall–Kier alpha value is -1.31. The summed E-state index contributed by atoms with van der Waals surface area (Å²) in [6.07, 6.45) is 3.55. The first-order valence-electron chi connectivity index (χ1n) is 4.10. The number of aromatic nitrogens is 1. The van der Waals surface area contributed by atoms with Crippen LogP contribution < -0.4 is 0 Å². The molecular formula is C10H11NO. The quantitative estimate of drug-likeness (QED) is 0.642. The van der Waals surface area contributed by atoms with E-state index in [0.717, 1.165) is 16.7 Å². The Morgan fingerprint density at radius 3 is 3.00 bits per heavy atom. The van der Waals surface area contributed by atoms with Crippen molar-refractivity contribution in [3.8, 4) is 0 Å². The summed E-state index contributed by atoms with van der Waals surface area (Å²) in [6.45, 7) is 4.24. The molecule has 0 aromatic carbocycles. The Labute approximate surface area is 71.2 Å². The molecule has 0 N–H and O–H groups in total. The zero-order valence-electron chi connectivity index (χ0n) is 7.24. The second kappa shape index (κ2) is 2.63. The SMILES string of the molecule is CC(C)c1cc2occc2cn1. The summed E-state index contributed by atoms with van der Waals surface area (Å²) in [5.74, 6) is 0.458. The minimum atomic E-state index is 0.458. The van der Waals surface area contributed by atoms with Crippen LogP contribution in [0.1, 0.15) is 25.5 Å². The fraction of sp³-hybridized carbons (Fsp3) is 0.300. The van der Waals surface area contributed by atoms with Crippen LogP contribution in [0.4, 0.5) is 0 Å². The van der Waals surface area contributed by atoms with Crippen molar-refractivity contribution < 1.29 is 4.42 Å². The molecule has 0 radical (unpaired) electrons. The molecular weight excluding hydrogens is 150 g/mol. The minimum Gasteiger partial charge on any atom is -0.464 e. The van der Waals surface area contributed by atoms with Crippen LogP contribution in [-0.4, -0.2) is 4.98 Å². The molecule has 0 bridgehead atoms. The van der Waals surface area contributed by atoms with Crippen molar-refractivity contribution in [1.82, 2.24) is 4.98 Å². The second-order valence-corrected chi connectivity index (χ2v) is 3.22. The highest BCUT2D eigenvalue weighted by atomic mass is 16.3. The van der Waals surface area contributed by atoms with Gasteiger partial charge in [0.2, 0.25) is 0 Å². The first-order valence-corrected chi connectivity index (χ1v) is 4.10. The molecule has 0 aliphatic rings. The van der Waals surface area contributed by atoms with E-state index in [1.165, 1.54) is 0 Å². The number of pyridine rings is 1. The molecule has 12 heavy (non-hydrogen) atoms. The number of fused-ring (bicyclic) bond motifs is 1. The average molecular weight is 161 g/mol. The van der Waals surface area contributed by atoms with Gasteiger partial charge >= 0.3 is 0 Å². The van der Waals surface area contributed by atoms with Crippen LogP contribution in [0.5, 0.6) is 0 Å². The van der Waals surface area contributed by atoms with Crippen molar-refractivity contribution in [2.24, 2.45) is 0 Å². The number of rotatable bonds is 1. The van der Waals surface area contributed by atoms with E-state index in [4.69, 9.17) is 4.42 Å². The lowest BCUT2D eigenvalue weighted by Gasteiger charge is -2.01. The van der Waals surface area contributed by atoms with Gasteiger partial charge in [-0.25, -0.2) is 0 Å². The maximum atomic E-state index is 5.27. The smallest absolute Gasteiger partial charge is 0.137 e. The van der Waals surface area contributed by atoms with E-state index in [9.17, 15) is 0 Å². The zero-order chi connectivity index (χ0) is 8.55. The van der Waals surface area contributed by atoms with Crippen LogP contribution in [0, 0.1) is 0 Å². The van der Waals surface area contributed by atoms with Crippen molar-refractivity contribution in [2.45, 2.75) is 19.8 Å². The van der Waals surface area contributed by atoms with Gasteiger partial charge in [0.05, 0.1) is 6.26 Å². The Morgan fingerprint density at radius 2 is 2.25 bits per heavy atom. The predicted molar refractivity (Wildman–Crippen MR) is 48.1 cm³/mol. The normalized spacial score (nSPS) is 11.2. The molecule has 2 heteroatoms. The van der Waals surface area contributed by atoms with Gasteiger partial charge in [0.25, 0.3) is 0 Å². The lowest BCUT2D eigenvalue weighted by molar-refractivity contribution is 0.614. The van der Waals surface area contributed by atoms with Gasteiger partial charge < -0.3 is 4.42 Å². The molecule has 0 spiro atoms. The lowest BCUT2D eigenvalue weighted by atomic mass is 10.1. The van der Waals surface area contributed by atoms with Gasteiger partial charge in [-0.15, -0.1) is 0 Å².